The van der Waals surface area contributed by atoms with Gasteiger partial charge in [-0.25, -0.2) is 0 Å². The molecule has 0 saturated carbocycles. The monoisotopic (exact) mass is 210 g/mol. The van der Waals surface area contributed by atoms with E-state index in [9.17, 15) is 0 Å². The van der Waals surface area contributed by atoms with Crippen molar-refractivity contribution in [1.29, 1.82) is 0 Å². The average molecular weight is 210 g/mol. The first kappa shape index (κ1) is 10.1. The van der Waals surface area contributed by atoms with Crippen LogP contribution in [0, 0.1) is 5.92 Å². The molecule has 1 aliphatic rings. The fraction of sp³-hybridized carbons (Fsp3) is 0.727. The second-order valence-corrected chi connectivity index (χ2v) is 5.26. The molecule has 0 aliphatic carbocycles. The van der Waals surface area contributed by atoms with Gasteiger partial charge in [0.25, 0.3) is 0 Å². The Balaban J connectivity index is 2.22. The number of hydrogen-bond acceptors (Lipinski definition) is 3. The van der Waals surface area contributed by atoms with Gasteiger partial charge in [-0.05, 0) is 49.3 Å². The van der Waals surface area contributed by atoms with Crippen molar-refractivity contribution in [2.75, 3.05) is 6.54 Å². The van der Waals surface area contributed by atoms with E-state index in [1.807, 2.05) is 0 Å². The van der Waals surface area contributed by atoms with Crippen molar-refractivity contribution >= 4 is 11.5 Å². The molecule has 1 aromatic heterocycles. The van der Waals surface area contributed by atoms with E-state index in [2.05, 4.69) is 35.0 Å². The van der Waals surface area contributed by atoms with Gasteiger partial charge in [-0.15, -0.1) is 0 Å². The second kappa shape index (κ2) is 3.99. The standard InChI is InChI=1S/C11H18N2S/c1-9(2)8-11(5-3-6-12-11)10-4-7-14-13-10/h4,7,9,12H,3,5-6,8H2,1-2H3. The van der Waals surface area contributed by atoms with Crippen LogP contribution in [-0.2, 0) is 5.54 Å². The first-order valence-corrected chi connectivity index (χ1v) is 6.22. The zero-order chi connectivity index (χ0) is 10.0. The van der Waals surface area contributed by atoms with Gasteiger partial charge < -0.3 is 5.32 Å². The molecule has 78 valence electrons. The molecular weight excluding hydrogens is 192 g/mol. The zero-order valence-corrected chi connectivity index (χ0v) is 9.73. The summed E-state index contributed by atoms with van der Waals surface area (Å²) in [7, 11) is 0. The van der Waals surface area contributed by atoms with Gasteiger partial charge in [-0.2, -0.15) is 4.37 Å². The predicted octanol–water partition coefficient (Wildman–Crippen LogP) is 2.77. The molecule has 2 heterocycles. The topological polar surface area (TPSA) is 24.9 Å². The van der Waals surface area contributed by atoms with E-state index in [4.69, 9.17) is 0 Å². The lowest BCUT2D eigenvalue weighted by Crippen LogP contribution is -2.38. The lowest BCUT2D eigenvalue weighted by Gasteiger charge is -2.29. The van der Waals surface area contributed by atoms with Gasteiger partial charge in [0.15, 0.2) is 0 Å². The highest BCUT2D eigenvalue weighted by Crippen LogP contribution is 2.36. The quantitative estimate of drug-likeness (QED) is 0.830. The summed E-state index contributed by atoms with van der Waals surface area (Å²) in [5.74, 6) is 0.724. The third-order valence-electron chi connectivity index (χ3n) is 2.93. The van der Waals surface area contributed by atoms with E-state index in [1.165, 1.54) is 25.0 Å². The maximum Gasteiger partial charge on any atom is 0.0743 e. The Bertz CT molecular complexity index is 273. The minimum atomic E-state index is 0.189. The maximum absolute atomic E-state index is 4.50. The number of rotatable bonds is 3. The molecule has 0 spiro atoms. The predicted molar refractivity (Wildman–Crippen MR) is 60.5 cm³/mol. The van der Waals surface area contributed by atoms with Crippen molar-refractivity contribution in [3.63, 3.8) is 0 Å². The van der Waals surface area contributed by atoms with Crippen LogP contribution in [0.25, 0.3) is 0 Å². The van der Waals surface area contributed by atoms with Crippen LogP contribution in [0.2, 0.25) is 0 Å². The van der Waals surface area contributed by atoms with Crippen molar-refractivity contribution in [2.24, 2.45) is 5.92 Å². The van der Waals surface area contributed by atoms with Crippen LogP contribution in [0.4, 0.5) is 0 Å². The summed E-state index contributed by atoms with van der Waals surface area (Å²) < 4.78 is 4.50. The van der Waals surface area contributed by atoms with E-state index in [0.29, 0.717) is 0 Å². The lowest BCUT2D eigenvalue weighted by molar-refractivity contribution is 0.305. The van der Waals surface area contributed by atoms with Crippen molar-refractivity contribution in [2.45, 2.75) is 38.6 Å². The summed E-state index contributed by atoms with van der Waals surface area (Å²) in [5, 5.41) is 5.73. The molecule has 3 heteroatoms. The van der Waals surface area contributed by atoms with E-state index in [-0.39, 0.29) is 5.54 Å². The summed E-state index contributed by atoms with van der Waals surface area (Å²) in [4.78, 5) is 0. The number of nitrogens with zero attached hydrogens (tertiary/aromatic N) is 1. The number of hydrogen-bond donors (Lipinski definition) is 1. The fourth-order valence-electron chi connectivity index (χ4n) is 2.46. The van der Waals surface area contributed by atoms with E-state index < -0.39 is 0 Å². The second-order valence-electron chi connectivity index (χ2n) is 4.60. The molecule has 0 bridgehead atoms. The SMILES string of the molecule is CC(C)CC1(c2ccsn2)CCCN1. The van der Waals surface area contributed by atoms with E-state index >= 15 is 0 Å². The summed E-state index contributed by atoms with van der Waals surface area (Å²) in [5.41, 5.74) is 1.45. The van der Waals surface area contributed by atoms with Crippen LogP contribution in [-0.4, -0.2) is 10.9 Å². The molecule has 1 aromatic rings. The Kier molecular flexibility index (Phi) is 2.88. The lowest BCUT2D eigenvalue weighted by atomic mass is 9.85. The zero-order valence-electron chi connectivity index (χ0n) is 8.92. The Morgan fingerprint density at radius 1 is 1.64 bits per heavy atom. The third kappa shape index (κ3) is 1.84. The molecule has 2 rings (SSSR count). The summed E-state index contributed by atoms with van der Waals surface area (Å²) in [6.07, 6.45) is 3.73. The molecule has 1 fully saturated rings. The van der Waals surface area contributed by atoms with Gasteiger partial charge in [0.2, 0.25) is 0 Å². The molecule has 0 aromatic carbocycles. The molecule has 2 nitrogen and oxygen atoms in total. The molecule has 1 aliphatic heterocycles. The van der Waals surface area contributed by atoms with Gasteiger partial charge in [0.1, 0.15) is 0 Å². The Labute approximate surface area is 89.9 Å². The molecular formula is C11H18N2S. The first-order chi connectivity index (χ1) is 6.73. The van der Waals surface area contributed by atoms with Gasteiger partial charge in [0, 0.05) is 5.38 Å². The normalized spacial score (nSPS) is 27.4. The van der Waals surface area contributed by atoms with Crippen molar-refractivity contribution < 1.29 is 0 Å². The highest BCUT2D eigenvalue weighted by atomic mass is 32.1. The van der Waals surface area contributed by atoms with Gasteiger partial charge in [-0.1, -0.05) is 13.8 Å². The Morgan fingerprint density at radius 3 is 3.00 bits per heavy atom. The maximum atomic E-state index is 4.50. The smallest absolute Gasteiger partial charge is 0.0743 e. The van der Waals surface area contributed by atoms with Crippen LogP contribution >= 0.6 is 11.5 Å². The van der Waals surface area contributed by atoms with Gasteiger partial charge in [0.05, 0.1) is 11.2 Å². The molecule has 0 radical (unpaired) electrons. The Morgan fingerprint density at radius 2 is 2.50 bits per heavy atom. The highest BCUT2D eigenvalue weighted by Gasteiger charge is 2.37. The van der Waals surface area contributed by atoms with Crippen molar-refractivity contribution in [1.82, 2.24) is 9.69 Å². The average Bonchev–Trinajstić information content (AvgIpc) is 2.69. The molecule has 1 atom stereocenters. The molecule has 1 unspecified atom stereocenters. The third-order valence-corrected chi connectivity index (χ3v) is 3.49. The van der Waals surface area contributed by atoms with Crippen LogP contribution in [0.1, 0.15) is 38.8 Å². The van der Waals surface area contributed by atoms with Gasteiger partial charge in [-0.3, -0.25) is 0 Å². The molecule has 0 amide bonds. The van der Waals surface area contributed by atoms with E-state index in [1.54, 1.807) is 11.5 Å². The van der Waals surface area contributed by atoms with Crippen LogP contribution in [0.5, 0.6) is 0 Å². The fourth-order valence-corrected chi connectivity index (χ4v) is 3.06. The van der Waals surface area contributed by atoms with E-state index in [0.717, 1.165) is 12.5 Å². The van der Waals surface area contributed by atoms with Crippen molar-refractivity contribution in [3.8, 4) is 0 Å². The summed E-state index contributed by atoms with van der Waals surface area (Å²) >= 11 is 1.56. The van der Waals surface area contributed by atoms with Gasteiger partial charge >= 0.3 is 0 Å². The van der Waals surface area contributed by atoms with Crippen LogP contribution in [0.3, 0.4) is 0 Å². The Hall–Kier alpha value is -0.410. The van der Waals surface area contributed by atoms with Crippen molar-refractivity contribution in [3.05, 3.63) is 17.1 Å². The number of aromatic nitrogens is 1. The molecule has 1 N–H and O–H groups in total. The van der Waals surface area contributed by atoms with Crippen LogP contribution in [0.15, 0.2) is 11.4 Å². The molecule has 1 saturated heterocycles. The minimum absolute atomic E-state index is 0.189. The summed E-state index contributed by atoms with van der Waals surface area (Å²) in [6, 6.07) is 2.17. The van der Waals surface area contributed by atoms with Crippen LogP contribution < -0.4 is 5.32 Å². The number of nitrogens with one attached hydrogen (secondary N) is 1. The highest BCUT2D eigenvalue weighted by molar-refractivity contribution is 7.03. The summed E-state index contributed by atoms with van der Waals surface area (Å²) in [6.45, 7) is 5.71. The molecule has 14 heavy (non-hydrogen) atoms. The first-order valence-electron chi connectivity index (χ1n) is 5.39. The largest absolute Gasteiger partial charge is 0.306 e. The minimum Gasteiger partial charge on any atom is -0.306 e.